The number of carbonyl (C=O) groups excluding carboxylic acids is 3. The highest BCUT2D eigenvalue weighted by molar-refractivity contribution is 9.09. The minimum Gasteiger partial charge on any atom is -0.466 e. The summed E-state index contributed by atoms with van der Waals surface area (Å²) in [6.45, 7) is 8.34. The molecule has 37 heavy (non-hydrogen) atoms. The zero-order valence-electron chi connectivity index (χ0n) is 21.8. The zero-order chi connectivity index (χ0) is 26.7. The van der Waals surface area contributed by atoms with Crippen LogP contribution in [0.4, 0.5) is 11.4 Å². The Morgan fingerprint density at radius 1 is 1.19 bits per heavy atom. The van der Waals surface area contributed by atoms with E-state index in [1.807, 2.05) is 24.3 Å². The van der Waals surface area contributed by atoms with Crippen molar-refractivity contribution in [3.63, 3.8) is 0 Å². The second-order valence-corrected chi connectivity index (χ2v) is 11.1. The molecule has 3 fully saturated rings. The zero-order valence-corrected chi connectivity index (χ0v) is 23.4. The predicted octanol–water partition coefficient (Wildman–Crippen LogP) is 2.95. The second-order valence-electron chi connectivity index (χ2n) is 9.94. The van der Waals surface area contributed by atoms with Crippen LogP contribution in [0.5, 0.6) is 0 Å². The fourth-order valence-electron chi connectivity index (χ4n) is 6.30. The quantitative estimate of drug-likeness (QED) is 0.222. The number of fused-ring (bicyclic) bond motifs is 1. The van der Waals surface area contributed by atoms with Crippen molar-refractivity contribution in [2.45, 2.75) is 69.0 Å². The van der Waals surface area contributed by atoms with Crippen molar-refractivity contribution in [1.82, 2.24) is 4.90 Å². The van der Waals surface area contributed by atoms with Crippen LogP contribution in [0.3, 0.4) is 0 Å². The number of carbonyl (C=O) groups is 3. The topological polar surface area (TPSA) is 108 Å². The standard InChI is InChI=1S/C27H38BrN3O6/c1-4-30(5-2)18-12-10-17(11-13-18)29-24(33)23-27-16-19(28)22(37-27)20(26(35)36-6-3)21(27)25(34)31(23)14-8-7-9-15-32/h10-13,19-23,32H,4-9,14-16H2,1-3H3,(H,29,33)/t19?,20-,21+,22-,23?,27?/m1/s1. The summed E-state index contributed by atoms with van der Waals surface area (Å²) in [5.41, 5.74) is 0.606. The molecule has 4 rings (SSSR count). The van der Waals surface area contributed by atoms with Gasteiger partial charge in [0.2, 0.25) is 11.8 Å². The SMILES string of the molecule is CCOC(=O)[C@H]1[C@@H]2OC3(CC2Br)C(C(=O)Nc2ccc(N(CC)CC)cc2)N(CCCCCO)C(=O)[C@H]13. The number of unbranched alkanes of at least 4 members (excludes halogenated alkanes) is 2. The summed E-state index contributed by atoms with van der Waals surface area (Å²) in [4.78, 5) is 44.3. The van der Waals surface area contributed by atoms with Crippen LogP contribution in [0.1, 0.15) is 46.5 Å². The number of hydrogen-bond donors (Lipinski definition) is 2. The number of alkyl halides is 1. The molecule has 1 aromatic rings. The number of benzene rings is 1. The molecule has 1 spiro atoms. The number of esters is 1. The van der Waals surface area contributed by atoms with Gasteiger partial charge in [0.15, 0.2) is 0 Å². The first-order valence-electron chi connectivity index (χ1n) is 13.4. The summed E-state index contributed by atoms with van der Waals surface area (Å²) in [5, 5.41) is 12.2. The van der Waals surface area contributed by atoms with Crippen molar-refractivity contribution < 1.29 is 29.0 Å². The second kappa shape index (κ2) is 11.7. The van der Waals surface area contributed by atoms with E-state index >= 15 is 0 Å². The van der Waals surface area contributed by atoms with Gasteiger partial charge < -0.3 is 29.7 Å². The number of nitrogens with one attached hydrogen (secondary N) is 1. The molecule has 3 saturated heterocycles. The van der Waals surface area contributed by atoms with Gasteiger partial charge in [0.05, 0.1) is 24.5 Å². The van der Waals surface area contributed by atoms with Gasteiger partial charge in [-0.1, -0.05) is 15.9 Å². The number of anilines is 2. The molecule has 0 radical (unpaired) electrons. The van der Waals surface area contributed by atoms with Crippen molar-refractivity contribution in [2.24, 2.45) is 11.8 Å². The van der Waals surface area contributed by atoms with Gasteiger partial charge in [-0.2, -0.15) is 0 Å². The first-order valence-corrected chi connectivity index (χ1v) is 14.3. The molecular formula is C27H38BrN3O6. The van der Waals surface area contributed by atoms with E-state index in [4.69, 9.17) is 14.6 Å². The highest BCUT2D eigenvalue weighted by atomic mass is 79.9. The molecule has 10 heteroatoms. The first-order chi connectivity index (χ1) is 17.8. The van der Waals surface area contributed by atoms with E-state index < -0.39 is 35.6 Å². The van der Waals surface area contributed by atoms with E-state index in [0.717, 1.165) is 25.2 Å². The van der Waals surface area contributed by atoms with Gasteiger partial charge in [-0.25, -0.2) is 0 Å². The molecule has 6 atom stereocenters. The number of rotatable bonds is 12. The average Bonchev–Trinajstić information content (AvgIpc) is 3.47. The number of hydrogen-bond acceptors (Lipinski definition) is 7. The highest BCUT2D eigenvalue weighted by Gasteiger charge is 2.76. The maximum Gasteiger partial charge on any atom is 0.312 e. The van der Waals surface area contributed by atoms with Crippen LogP contribution in [0.2, 0.25) is 0 Å². The van der Waals surface area contributed by atoms with Crippen LogP contribution in [-0.2, 0) is 23.9 Å². The number of nitrogens with zero attached hydrogens (tertiary/aromatic N) is 2. The lowest BCUT2D eigenvalue weighted by Crippen LogP contribution is -2.54. The average molecular weight is 581 g/mol. The molecule has 2 bridgehead atoms. The molecule has 1 aromatic carbocycles. The van der Waals surface area contributed by atoms with Gasteiger partial charge in [0.1, 0.15) is 11.6 Å². The lowest BCUT2D eigenvalue weighted by Gasteiger charge is -2.34. The lowest BCUT2D eigenvalue weighted by atomic mass is 9.70. The van der Waals surface area contributed by atoms with E-state index in [-0.39, 0.29) is 29.9 Å². The minimum atomic E-state index is -1.10. The Labute approximate surface area is 227 Å². The van der Waals surface area contributed by atoms with Gasteiger partial charge >= 0.3 is 5.97 Å². The van der Waals surface area contributed by atoms with Crippen LogP contribution in [0, 0.1) is 11.8 Å². The van der Waals surface area contributed by atoms with Crippen LogP contribution < -0.4 is 10.2 Å². The Bertz CT molecular complexity index is 987. The van der Waals surface area contributed by atoms with E-state index in [1.165, 1.54) is 0 Å². The largest absolute Gasteiger partial charge is 0.466 e. The Morgan fingerprint density at radius 2 is 1.89 bits per heavy atom. The Morgan fingerprint density at radius 3 is 2.51 bits per heavy atom. The fraction of sp³-hybridized carbons (Fsp3) is 0.667. The highest BCUT2D eigenvalue weighted by Crippen LogP contribution is 2.60. The predicted molar refractivity (Wildman–Crippen MR) is 144 cm³/mol. The molecule has 2 amide bonds. The van der Waals surface area contributed by atoms with Crippen molar-refractivity contribution in [3.05, 3.63) is 24.3 Å². The summed E-state index contributed by atoms with van der Waals surface area (Å²) in [6.07, 6.45) is 1.93. The van der Waals surface area contributed by atoms with E-state index in [2.05, 4.69) is 40.0 Å². The maximum absolute atomic E-state index is 13.9. The molecule has 3 heterocycles. The Balaban J connectivity index is 1.62. The van der Waals surface area contributed by atoms with Gasteiger partial charge in [-0.15, -0.1) is 0 Å². The maximum atomic E-state index is 13.9. The molecule has 2 N–H and O–H groups in total. The third kappa shape index (κ3) is 5.00. The number of ether oxygens (including phenoxy) is 2. The first kappa shape index (κ1) is 27.9. The number of likely N-dealkylation sites (tertiary alicyclic amines) is 1. The Kier molecular flexibility index (Phi) is 8.81. The van der Waals surface area contributed by atoms with Gasteiger partial charge in [-0.3, -0.25) is 14.4 Å². The molecule has 3 aliphatic rings. The van der Waals surface area contributed by atoms with Gasteiger partial charge in [0, 0.05) is 42.4 Å². The molecule has 3 aliphatic heterocycles. The monoisotopic (exact) mass is 579 g/mol. The van der Waals surface area contributed by atoms with Crippen LogP contribution in [0.25, 0.3) is 0 Å². The van der Waals surface area contributed by atoms with E-state index in [0.29, 0.717) is 31.5 Å². The molecule has 3 unspecified atom stereocenters. The van der Waals surface area contributed by atoms with Gasteiger partial charge in [0.25, 0.3) is 0 Å². The summed E-state index contributed by atoms with van der Waals surface area (Å²) in [5.74, 6) is -2.52. The normalized spacial score (nSPS) is 29.9. The molecule has 9 nitrogen and oxygen atoms in total. The number of amides is 2. The van der Waals surface area contributed by atoms with E-state index in [1.54, 1.807) is 11.8 Å². The summed E-state index contributed by atoms with van der Waals surface area (Å²) >= 11 is 3.65. The Hall–Kier alpha value is -2.17. The van der Waals surface area contributed by atoms with Crippen molar-refractivity contribution >= 4 is 45.1 Å². The summed E-state index contributed by atoms with van der Waals surface area (Å²) < 4.78 is 11.8. The smallest absolute Gasteiger partial charge is 0.312 e. The van der Waals surface area contributed by atoms with E-state index in [9.17, 15) is 14.4 Å². The third-order valence-corrected chi connectivity index (χ3v) is 8.76. The molecule has 0 saturated carbocycles. The summed E-state index contributed by atoms with van der Waals surface area (Å²) in [7, 11) is 0. The third-order valence-electron chi connectivity index (χ3n) is 7.92. The molecule has 204 valence electrons. The number of halogens is 1. The molecular weight excluding hydrogens is 542 g/mol. The molecule has 0 aromatic heterocycles. The van der Waals surface area contributed by atoms with Crippen molar-refractivity contribution in [1.29, 1.82) is 0 Å². The van der Waals surface area contributed by atoms with Gasteiger partial charge in [-0.05, 0) is 70.7 Å². The van der Waals surface area contributed by atoms with Crippen molar-refractivity contribution in [3.8, 4) is 0 Å². The fourth-order valence-corrected chi connectivity index (χ4v) is 7.25. The minimum absolute atomic E-state index is 0.0783. The summed E-state index contributed by atoms with van der Waals surface area (Å²) in [6, 6.07) is 6.80. The van der Waals surface area contributed by atoms with Crippen LogP contribution >= 0.6 is 15.9 Å². The van der Waals surface area contributed by atoms with Crippen LogP contribution in [0.15, 0.2) is 24.3 Å². The number of aliphatic hydroxyl groups is 1. The number of aliphatic hydroxyl groups excluding tert-OH is 1. The lowest BCUT2D eigenvalue weighted by molar-refractivity contribution is -0.154. The molecule has 0 aliphatic carbocycles. The van der Waals surface area contributed by atoms with Crippen LogP contribution in [-0.4, -0.2) is 83.2 Å². The van der Waals surface area contributed by atoms with Crippen molar-refractivity contribution in [2.75, 3.05) is 43.1 Å².